The van der Waals surface area contributed by atoms with Gasteiger partial charge in [0.25, 0.3) is 0 Å². The van der Waals surface area contributed by atoms with Crippen molar-refractivity contribution < 1.29 is 0 Å². The summed E-state index contributed by atoms with van der Waals surface area (Å²) in [4.78, 5) is 0. The lowest BCUT2D eigenvalue weighted by Crippen LogP contribution is -2.22. The fourth-order valence-corrected chi connectivity index (χ4v) is 2.21. The molecule has 0 aliphatic carbocycles. The van der Waals surface area contributed by atoms with E-state index >= 15 is 0 Å². The molecule has 0 amide bonds. The molecule has 98 valence electrons. The van der Waals surface area contributed by atoms with Gasteiger partial charge in [-0.2, -0.15) is 5.10 Å². The quantitative estimate of drug-likeness (QED) is 0.726. The van der Waals surface area contributed by atoms with E-state index in [0.717, 1.165) is 38.4 Å². The maximum atomic E-state index is 5.72. The average Bonchev–Trinajstić information content (AvgIpc) is 2.72. The van der Waals surface area contributed by atoms with Gasteiger partial charge >= 0.3 is 0 Å². The number of alkyl halides is 1. The molecule has 0 saturated heterocycles. The smallest absolute Gasteiger partial charge is 0.0625 e. The second-order valence-corrected chi connectivity index (χ2v) is 4.89. The molecule has 1 N–H and O–H groups in total. The maximum Gasteiger partial charge on any atom is 0.0625 e. The zero-order valence-corrected chi connectivity index (χ0v) is 11.9. The Bertz CT molecular complexity index is 322. The van der Waals surface area contributed by atoms with Crippen molar-refractivity contribution >= 4 is 11.6 Å². The van der Waals surface area contributed by atoms with Gasteiger partial charge in [0.1, 0.15) is 0 Å². The van der Waals surface area contributed by atoms with Crippen molar-refractivity contribution in [3.05, 3.63) is 17.5 Å². The van der Waals surface area contributed by atoms with Crippen molar-refractivity contribution in [3.63, 3.8) is 0 Å². The van der Waals surface area contributed by atoms with Crippen LogP contribution in [0.1, 0.15) is 38.6 Å². The minimum Gasteiger partial charge on any atom is -0.311 e. The van der Waals surface area contributed by atoms with E-state index < -0.39 is 0 Å². The van der Waals surface area contributed by atoms with E-state index in [1.807, 2.05) is 0 Å². The lowest BCUT2D eigenvalue weighted by atomic mass is 10.1. The van der Waals surface area contributed by atoms with Crippen LogP contribution in [0.3, 0.4) is 0 Å². The summed E-state index contributed by atoms with van der Waals surface area (Å²) in [5, 5.41) is 8.02. The fourth-order valence-electron chi connectivity index (χ4n) is 1.84. The van der Waals surface area contributed by atoms with E-state index in [0.29, 0.717) is 5.92 Å². The van der Waals surface area contributed by atoms with Crippen molar-refractivity contribution in [3.8, 4) is 0 Å². The highest BCUT2D eigenvalue weighted by atomic mass is 35.5. The highest BCUT2D eigenvalue weighted by Crippen LogP contribution is 2.06. The summed E-state index contributed by atoms with van der Waals surface area (Å²) in [6.07, 6.45) is 2.07. The van der Waals surface area contributed by atoms with Crippen LogP contribution in [0, 0.1) is 5.92 Å². The van der Waals surface area contributed by atoms with E-state index in [4.69, 9.17) is 11.6 Å². The monoisotopic (exact) mass is 257 g/mol. The molecule has 0 bridgehead atoms. The third-order valence-electron chi connectivity index (χ3n) is 2.98. The predicted octanol–water partition coefficient (Wildman–Crippen LogP) is 2.82. The first-order valence-corrected chi connectivity index (χ1v) is 7.06. The van der Waals surface area contributed by atoms with Crippen molar-refractivity contribution in [2.24, 2.45) is 5.92 Å². The summed E-state index contributed by atoms with van der Waals surface area (Å²) in [6.45, 7) is 9.35. The Labute approximate surface area is 110 Å². The van der Waals surface area contributed by atoms with E-state index in [1.54, 1.807) is 0 Å². The Morgan fingerprint density at radius 1 is 1.47 bits per heavy atom. The molecule has 1 heterocycles. The Morgan fingerprint density at radius 3 is 2.82 bits per heavy atom. The molecule has 0 spiro atoms. The van der Waals surface area contributed by atoms with Gasteiger partial charge in [0, 0.05) is 19.0 Å². The van der Waals surface area contributed by atoms with Crippen molar-refractivity contribution in [1.82, 2.24) is 15.1 Å². The van der Waals surface area contributed by atoms with E-state index in [2.05, 4.69) is 41.9 Å². The summed E-state index contributed by atoms with van der Waals surface area (Å²) >= 11 is 5.72. The van der Waals surface area contributed by atoms with E-state index in [9.17, 15) is 0 Å². The lowest BCUT2D eigenvalue weighted by molar-refractivity contribution is 0.488. The minimum absolute atomic E-state index is 0.635. The van der Waals surface area contributed by atoms with Crippen LogP contribution >= 0.6 is 11.6 Å². The van der Waals surface area contributed by atoms with Gasteiger partial charge in [-0.15, -0.1) is 11.6 Å². The normalized spacial score (nSPS) is 12.9. The van der Waals surface area contributed by atoms with Crippen LogP contribution in [0.15, 0.2) is 6.07 Å². The molecule has 1 aromatic rings. The maximum absolute atomic E-state index is 5.72. The Hall–Kier alpha value is -0.540. The van der Waals surface area contributed by atoms with Gasteiger partial charge in [0.05, 0.1) is 11.4 Å². The molecule has 0 aliphatic heterocycles. The molecule has 0 radical (unpaired) electrons. The molecule has 4 heteroatoms. The number of hydrogen-bond acceptors (Lipinski definition) is 2. The molecule has 0 aromatic carbocycles. The molecule has 3 nitrogen and oxygen atoms in total. The highest BCUT2D eigenvalue weighted by molar-refractivity contribution is 6.17. The highest BCUT2D eigenvalue weighted by Gasteiger charge is 2.06. The van der Waals surface area contributed by atoms with Crippen LogP contribution in [-0.2, 0) is 19.5 Å². The largest absolute Gasteiger partial charge is 0.311 e. The molecule has 1 rings (SSSR count). The third-order valence-corrected chi connectivity index (χ3v) is 3.19. The Balaban J connectivity index is 2.42. The standard InChI is InChI=1S/C13H24ClN3/c1-4-12-8-13(17(5-2)16-12)10-15-9-11(3)6-7-14/h8,11,15H,4-7,9-10H2,1-3H3. The number of hydrogen-bond donors (Lipinski definition) is 1. The van der Waals surface area contributed by atoms with Crippen LogP contribution in [-0.4, -0.2) is 22.2 Å². The number of rotatable bonds is 8. The topological polar surface area (TPSA) is 29.9 Å². The van der Waals surface area contributed by atoms with Gasteiger partial charge in [-0.25, -0.2) is 0 Å². The summed E-state index contributed by atoms with van der Waals surface area (Å²) in [7, 11) is 0. The second kappa shape index (κ2) is 7.72. The SMILES string of the molecule is CCc1cc(CNCC(C)CCCl)n(CC)n1. The number of nitrogens with zero attached hydrogens (tertiary/aromatic N) is 2. The molecular weight excluding hydrogens is 234 g/mol. The van der Waals surface area contributed by atoms with Gasteiger partial charge < -0.3 is 5.32 Å². The zero-order chi connectivity index (χ0) is 12.7. The molecule has 1 atom stereocenters. The Morgan fingerprint density at radius 2 is 2.24 bits per heavy atom. The Kier molecular flexibility index (Phi) is 6.60. The summed E-state index contributed by atoms with van der Waals surface area (Å²) < 4.78 is 2.08. The van der Waals surface area contributed by atoms with Gasteiger partial charge in [-0.05, 0) is 38.3 Å². The first-order valence-electron chi connectivity index (χ1n) is 6.53. The first-order chi connectivity index (χ1) is 8.21. The summed E-state index contributed by atoms with van der Waals surface area (Å²) in [5.41, 5.74) is 2.46. The second-order valence-electron chi connectivity index (χ2n) is 4.51. The summed E-state index contributed by atoms with van der Waals surface area (Å²) in [5.74, 6) is 1.38. The van der Waals surface area contributed by atoms with E-state index in [-0.39, 0.29) is 0 Å². The third kappa shape index (κ3) is 4.68. The number of halogens is 1. The van der Waals surface area contributed by atoms with Gasteiger partial charge in [0.15, 0.2) is 0 Å². The molecule has 0 fully saturated rings. The molecule has 0 aliphatic rings. The van der Waals surface area contributed by atoms with Crippen molar-refractivity contribution in [2.45, 2.75) is 46.7 Å². The zero-order valence-electron chi connectivity index (χ0n) is 11.2. The molecule has 1 aromatic heterocycles. The van der Waals surface area contributed by atoms with Crippen LogP contribution < -0.4 is 5.32 Å². The van der Waals surface area contributed by atoms with Crippen LogP contribution in [0.2, 0.25) is 0 Å². The fraction of sp³-hybridized carbons (Fsp3) is 0.769. The van der Waals surface area contributed by atoms with Crippen molar-refractivity contribution in [1.29, 1.82) is 0 Å². The van der Waals surface area contributed by atoms with Gasteiger partial charge in [-0.3, -0.25) is 4.68 Å². The predicted molar refractivity (Wildman–Crippen MR) is 73.5 cm³/mol. The molecular formula is C13H24ClN3. The van der Waals surface area contributed by atoms with Crippen LogP contribution in [0.25, 0.3) is 0 Å². The molecule has 0 saturated carbocycles. The van der Waals surface area contributed by atoms with E-state index in [1.165, 1.54) is 11.4 Å². The molecule has 17 heavy (non-hydrogen) atoms. The molecule has 1 unspecified atom stereocenters. The van der Waals surface area contributed by atoms with Gasteiger partial charge in [-0.1, -0.05) is 13.8 Å². The number of aryl methyl sites for hydroxylation is 2. The number of nitrogens with one attached hydrogen (secondary N) is 1. The van der Waals surface area contributed by atoms with Crippen LogP contribution in [0.4, 0.5) is 0 Å². The van der Waals surface area contributed by atoms with Crippen molar-refractivity contribution in [2.75, 3.05) is 12.4 Å². The average molecular weight is 258 g/mol. The lowest BCUT2D eigenvalue weighted by Gasteiger charge is -2.11. The number of aromatic nitrogens is 2. The summed E-state index contributed by atoms with van der Waals surface area (Å²) in [6, 6.07) is 2.20. The minimum atomic E-state index is 0.635. The first kappa shape index (κ1) is 14.5. The van der Waals surface area contributed by atoms with Gasteiger partial charge in [0.2, 0.25) is 0 Å². The van der Waals surface area contributed by atoms with Crippen LogP contribution in [0.5, 0.6) is 0 Å².